The van der Waals surface area contributed by atoms with E-state index < -0.39 is 0 Å². The minimum Gasteiger partial charge on any atom is -0.333 e. The van der Waals surface area contributed by atoms with Crippen LogP contribution in [-0.4, -0.2) is 9.66 Å². The number of benzene rings is 2. The molecule has 5 heteroatoms. The molecular formula is C15H14N4O. The van der Waals surface area contributed by atoms with Gasteiger partial charge in [-0.2, -0.15) is 4.68 Å². The number of para-hydroxylation sites is 1. The lowest BCUT2D eigenvalue weighted by Crippen LogP contribution is -2.30. The molecule has 0 fully saturated rings. The molecule has 20 heavy (non-hydrogen) atoms. The Balaban J connectivity index is 2.10. The standard InChI is InChI=1S/C15H14N4O/c1-10-6-8-11(9-7-10)17-15-18-13-5-3-2-4-12(13)14(20)19(15)16/h2-9H,16H2,1H3,(H,17,18). The summed E-state index contributed by atoms with van der Waals surface area (Å²) in [4.78, 5) is 16.5. The molecule has 0 aliphatic rings. The summed E-state index contributed by atoms with van der Waals surface area (Å²) in [6.45, 7) is 2.01. The van der Waals surface area contributed by atoms with Gasteiger partial charge in [0.1, 0.15) is 0 Å². The first kappa shape index (κ1) is 12.2. The molecule has 5 nitrogen and oxygen atoms in total. The smallest absolute Gasteiger partial charge is 0.281 e. The zero-order chi connectivity index (χ0) is 14.1. The topological polar surface area (TPSA) is 72.9 Å². The van der Waals surface area contributed by atoms with Gasteiger partial charge in [-0.1, -0.05) is 29.8 Å². The van der Waals surface area contributed by atoms with Gasteiger partial charge >= 0.3 is 0 Å². The van der Waals surface area contributed by atoms with Gasteiger partial charge in [0.15, 0.2) is 0 Å². The normalized spacial score (nSPS) is 10.7. The Kier molecular flexibility index (Phi) is 2.87. The number of hydrogen-bond acceptors (Lipinski definition) is 4. The monoisotopic (exact) mass is 266 g/mol. The van der Waals surface area contributed by atoms with E-state index in [2.05, 4.69) is 10.3 Å². The van der Waals surface area contributed by atoms with Crippen molar-refractivity contribution in [3.05, 3.63) is 64.4 Å². The lowest BCUT2D eigenvalue weighted by Gasteiger charge is -2.11. The number of nitrogens with zero attached hydrogens (tertiary/aromatic N) is 2. The largest absolute Gasteiger partial charge is 0.333 e. The van der Waals surface area contributed by atoms with Crippen LogP contribution in [-0.2, 0) is 0 Å². The Morgan fingerprint density at radius 1 is 1.10 bits per heavy atom. The van der Waals surface area contributed by atoms with E-state index in [9.17, 15) is 4.79 Å². The van der Waals surface area contributed by atoms with Crippen LogP contribution in [0.2, 0.25) is 0 Å². The van der Waals surface area contributed by atoms with Crippen molar-refractivity contribution in [2.75, 3.05) is 11.2 Å². The summed E-state index contributed by atoms with van der Waals surface area (Å²) in [5, 5.41) is 3.56. The van der Waals surface area contributed by atoms with Gasteiger partial charge in [-0.15, -0.1) is 0 Å². The molecule has 0 amide bonds. The lowest BCUT2D eigenvalue weighted by atomic mass is 10.2. The zero-order valence-electron chi connectivity index (χ0n) is 11.0. The molecule has 3 aromatic rings. The zero-order valence-corrected chi connectivity index (χ0v) is 11.0. The Morgan fingerprint density at radius 3 is 2.55 bits per heavy atom. The fourth-order valence-corrected chi connectivity index (χ4v) is 2.00. The molecule has 0 bridgehead atoms. The van der Waals surface area contributed by atoms with Crippen molar-refractivity contribution in [2.24, 2.45) is 0 Å². The SMILES string of the molecule is Cc1ccc(Nc2nc3ccccc3c(=O)n2N)cc1. The van der Waals surface area contributed by atoms with Crippen molar-refractivity contribution in [2.45, 2.75) is 6.92 Å². The van der Waals surface area contributed by atoms with Crippen molar-refractivity contribution in [1.29, 1.82) is 0 Å². The predicted molar refractivity (Wildman–Crippen MR) is 80.6 cm³/mol. The maximum Gasteiger partial charge on any atom is 0.281 e. The molecule has 0 spiro atoms. The Morgan fingerprint density at radius 2 is 1.80 bits per heavy atom. The number of aromatic nitrogens is 2. The molecule has 100 valence electrons. The summed E-state index contributed by atoms with van der Waals surface area (Å²) < 4.78 is 1.03. The molecule has 0 saturated heterocycles. The van der Waals surface area contributed by atoms with Crippen LogP contribution in [0.1, 0.15) is 5.56 Å². The van der Waals surface area contributed by atoms with Crippen LogP contribution in [0.5, 0.6) is 0 Å². The Bertz CT molecular complexity index is 821. The van der Waals surface area contributed by atoms with Gasteiger partial charge in [-0.25, -0.2) is 4.98 Å². The summed E-state index contributed by atoms with van der Waals surface area (Å²) in [5.41, 5.74) is 2.34. The van der Waals surface area contributed by atoms with Crippen molar-refractivity contribution in [3.63, 3.8) is 0 Å². The van der Waals surface area contributed by atoms with Gasteiger partial charge in [0.25, 0.3) is 5.56 Å². The van der Waals surface area contributed by atoms with Crippen LogP contribution >= 0.6 is 0 Å². The average Bonchev–Trinajstić information content (AvgIpc) is 2.47. The molecular weight excluding hydrogens is 252 g/mol. The van der Waals surface area contributed by atoms with Crippen molar-refractivity contribution >= 4 is 22.5 Å². The lowest BCUT2D eigenvalue weighted by molar-refractivity contribution is 0.926. The van der Waals surface area contributed by atoms with Crippen LogP contribution < -0.4 is 16.7 Å². The van der Waals surface area contributed by atoms with E-state index in [1.54, 1.807) is 18.2 Å². The molecule has 0 atom stereocenters. The quantitative estimate of drug-likeness (QED) is 0.697. The summed E-state index contributed by atoms with van der Waals surface area (Å²) >= 11 is 0. The molecule has 0 aliphatic heterocycles. The molecule has 1 heterocycles. The molecule has 2 aromatic carbocycles. The number of nitrogen functional groups attached to an aromatic ring is 1. The van der Waals surface area contributed by atoms with Crippen LogP contribution in [0.4, 0.5) is 11.6 Å². The maximum absolute atomic E-state index is 12.2. The molecule has 0 radical (unpaired) electrons. The van der Waals surface area contributed by atoms with E-state index in [1.807, 2.05) is 37.3 Å². The summed E-state index contributed by atoms with van der Waals surface area (Å²) in [6.07, 6.45) is 0. The maximum atomic E-state index is 12.2. The van der Waals surface area contributed by atoms with Crippen molar-refractivity contribution < 1.29 is 0 Å². The highest BCUT2D eigenvalue weighted by molar-refractivity contribution is 5.79. The van der Waals surface area contributed by atoms with E-state index >= 15 is 0 Å². The highest BCUT2D eigenvalue weighted by atomic mass is 16.1. The highest BCUT2D eigenvalue weighted by Crippen LogP contribution is 2.15. The Labute approximate surface area is 115 Å². The van der Waals surface area contributed by atoms with Gasteiger partial charge in [0.05, 0.1) is 10.9 Å². The third kappa shape index (κ3) is 2.09. The van der Waals surface area contributed by atoms with Crippen molar-refractivity contribution in [3.8, 4) is 0 Å². The number of anilines is 2. The Hall–Kier alpha value is -2.82. The molecule has 1 aromatic heterocycles. The minimum atomic E-state index is -0.273. The second kappa shape index (κ2) is 4.70. The summed E-state index contributed by atoms with van der Waals surface area (Å²) in [5.74, 6) is 6.12. The predicted octanol–water partition coefficient (Wildman–Crippen LogP) is 2.16. The first-order chi connectivity index (χ1) is 9.65. The molecule has 3 rings (SSSR count). The number of rotatable bonds is 2. The fourth-order valence-electron chi connectivity index (χ4n) is 2.00. The summed E-state index contributed by atoms with van der Waals surface area (Å²) in [6, 6.07) is 14.9. The van der Waals surface area contributed by atoms with E-state index in [0.717, 1.165) is 15.9 Å². The van der Waals surface area contributed by atoms with Gasteiger partial charge < -0.3 is 11.2 Å². The first-order valence-electron chi connectivity index (χ1n) is 6.26. The van der Waals surface area contributed by atoms with E-state index in [1.165, 1.54) is 0 Å². The number of aryl methyl sites for hydroxylation is 1. The van der Waals surface area contributed by atoms with Crippen LogP contribution in [0.15, 0.2) is 53.3 Å². The number of nitrogens with one attached hydrogen (secondary N) is 1. The van der Waals surface area contributed by atoms with Gasteiger partial charge in [-0.05, 0) is 31.2 Å². The van der Waals surface area contributed by atoms with Crippen LogP contribution in [0.3, 0.4) is 0 Å². The van der Waals surface area contributed by atoms with Gasteiger partial charge in [0.2, 0.25) is 5.95 Å². The number of hydrogen-bond donors (Lipinski definition) is 2. The molecule has 0 saturated carbocycles. The highest BCUT2D eigenvalue weighted by Gasteiger charge is 2.08. The van der Waals surface area contributed by atoms with Gasteiger partial charge in [-0.3, -0.25) is 4.79 Å². The van der Waals surface area contributed by atoms with Crippen LogP contribution in [0.25, 0.3) is 10.9 Å². The van der Waals surface area contributed by atoms with E-state index in [-0.39, 0.29) is 5.56 Å². The minimum absolute atomic E-state index is 0.273. The third-order valence-corrected chi connectivity index (χ3v) is 3.12. The van der Waals surface area contributed by atoms with E-state index in [0.29, 0.717) is 16.9 Å². The van der Waals surface area contributed by atoms with E-state index in [4.69, 9.17) is 5.84 Å². The third-order valence-electron chi connectivity index (χ3n) is 3.12. The molecule has 0 unspecified atom stereocenters. The number of nitrogens with two attached hydrogens (primary N) is 1. The molecule has 0 aliphatic carbocycles. The van der Waals surface area contributed by atoms with Crippen molar-refractivity contribution in [1.82, 2.24) is 9.66 Å². The fraction of sp³-hybridized carbons (Fsp3) is 0.0667. The van der Waals surface area contributed by atoms with Crippen LogP contribution in [0, 0.1) is 6.92 Å². The first-order valence-corrected chi connectivity index (χ1v) is 6.26. The van der Waals surface area contributed by atoms with Gasteiger partial charge in [0, 0.05) is 5.69 Å². The molecule has 3 N–H and O–H groups in total. The second-order valence-electron chi connectivity index (χ2n) is 4.62. The second-order valence-corrected chi connectivity index (χ2v) is 4.62. The number of fused-ring (bicyclic) bond motifs is 1. The summed E-state index contributed by atoms with van der Waals surface area (Å²) in [7, 11) is 0. The average molecular weight is 266 g/mol.